The van der Waals surface area contributed by atoms with Crippen molar-refractivity contribution in [2.75, 3.05) is 38.5 Å². The fourth-order valence-corrected chi connectivity index (χ4v) is 4.55. The Labute approximate surface area is 181 Å². The van der Waals surface area contributed by atoms with Crippen LogP contribution in [0.4, 0.5) is 5.69 Å². The van der Waals surface area contributed by atoms with Crippen molar-refractivity contribution in [3.8, 4) is 17.2 Å². The normalized spacial score (nSPS) is 15.3. The van der Waals surface area contributed by atoms with Crippen molar-refractivity contribution in [3.63, 3.8) is 0 Å². The lowest BCUT2D eigenvalue weighted by Gasteiger charge is -2.29. The molecule has 2 aliphatic rings. The van der Waals surface area contributed by atoms with E-state index in [-0.39, 0.29) is 19.2 Å². The van der Waals surface area contributed by atoms with Crippen molar-refractivity contribution in [1.82, 2.24) is 10.2 Å². The standard InChI is InChI=1S/C21H25N3O6S/c1-24-8-7-15-16(19-20(30-12-29-19)18(28-2)17(15)11-24)10-22-21(25)13-5-4-6-14(9-13)23-31(3,26)27/h4-6,9,23H,7-8,10-12H2,1-3H3,(H,22,25). The number of amides is 1. The fraction of sp³-hybridized carbons (Fsp3) is 0.381. The summed E-state index contributed by atoms with van der Waals surface area (Å²) in [6.07, 6.45) is 1.87. The highest BCUT2D eigenvalue weighted by Gasteiger charge is 2.32. The molecular weight excluding hydrogens is 422 g/mol. The van der Waals surface area contributed by atoms with Crippen LogP contribution in [0.25, 0.3) is 0 Å². The predicted molar refractivity (Wildman–Crippen MR) is 115 cm³/mol. The Morgan fingerprint density at radius 2 is 2.00 bits per heavy atom. The first-order valence-corrected chi connectivity index (χ1v) is 11.7. The third-order valence-electron chi connectivity index (χ3n) is 5.33. The molecule has 9 nitrogen and oxygen atoms in total. The van der Waals surface area contributed by atoms with Gasteiger partial charge in [-0.3, -0.25) is 9.52 Å². The first kappa shape index (κ1) is 21.3. The van der Waals surface area contributed by atoms with Crippen molar-refractivity contribution >= 4 is 21.6 Å². The predicted octanol–water partition coefficient (Wildman–Crippen LogP) is 1.71. The average Bonchev–Trinajstić information content (AvgIpc) is 3.19. The number of methoxy groups -OCH3 is 1. The number of ether oxygens (including phenoxy) is 3. The van der Waals surface area contributed by atoms with Crippen LogP contribution in [0.3, 0.4) is 0 Å². The summed E-state index contributed by atoms with van der Waals surface area (Å²) in [7, 11) is 0.233. The summed E-state index contributed by atoms with van der Waals surface area (Å²) in [4.78, 5) is 15.0. The first-order valence-electron chi connectivity index (χ1n) is 9.81. The molecule has 31 heavy (non-hydrogen) atoms. The highest BCUT2D eigenvalue weighted by atomic mass is 32.2. The Hall–Kier alpha value is -2.98. The number of hydrogen-bond acceptors (Lipinski definition) is 7. The smallest absolute Gasteiger partial charge is 0.251 e. The van der Waals surface area contributed by atoms with E-state index >= 15 is 0 Å². The summed E-state index contributed by atoms with van der Waals surface area (Å²) >= 11 is 0. The number of hydrogen-bond donors (Lipinski definition) is 2. The van der Waals surface area contributed by atoms with Gasteiger partial charge in [0.05, 0.1) is 13.4 Å². The van der Waals surface area contributed by atoms with Gasteiger partial charge < -0.3 is 24.4 Å². The molecule has 2 aromatic carbocycles. The van der Waals surface area contributed by atoms with Gasteiger partial charge in [0.1, 0.15) is 0 Å². The summed E-state index contributed by atoms with van der Waals surface area (Å²) in [5.74, 6) is 1.54. The number of sulfonamides is 1. The quantitative estimate of drug-likeness (QED) is 0.694. The highest BCUT2D eigenvalue weighted by Crippen LogP contribution is 2.49. The summed E-state index contributed by atoms with van der Waals surface area (Å²) in [5, 5.41) is 2.93. The minimum Gasteiger partial charge on any atom is -0.492 e. The molecule has 0 saturated carbocycles. The number of nitrogens with zero attached hydrogens (tertiary/aromatic N) is 1. The highest BCUT2D eigenvalue weighted by molar-refractivity contribution is 7.92. The zero-order chi connectivity index (χ0) is 22.2. The monoisotopic (exact) mass is 447 g/mol. The van der Waals surface area contributed by atoms with Crippen LogP contribution in [0, 0.1) is 0 Å². The Balaban J connectivity index is 1.61. The molecule has 0 aliphatic carbocycles. The number of anilines is 1. The maximum atomic E-state index is 12.8. The number of rotatable bonds is 6. The van der Waals surface area contributed by atoms with Crippen LogP contribution in [-0.4, -0.2) is 53.0 Å². The zero-order valence-electron chi connectivity index (χ0n) is 17.6. The Morgan fingerprint density at radius 1 is 1.23 bits per heavy atom. The molecule has 10 heteroatoms. The van der Waals surface area contributed by atoms with Gasteiger partial charge in [0, 0.05) is 42.0 Å². The molecule has 0 aromatic heterocycles. The summed E-state index contributed by atoms with van der Waals surface area (Å²) in [5.41, 5.74) is 3.72. The summed E-state index contributed by atoms with van der Waals surface area (Å²) in [6, 6.07) is 6.35. The number of nitrogens with one attached hydrogen (secondary N) is 2. The van der Waals surface area contributed by atoms with Crippen LogP contribution in [-0.2, 0) is 29.5 Å². The van der Waals surface area contributed by atoms with Crippen molar-refractivity contribution < 1.29 is 27.4 Å². The van der Waals surface area contributed by atoms with E-state index < -0.39 is 10.0 Å². The molecule has 0 bridgehead atoms. The van der Waals surface area contributed by atoms with Crippen molar-refractivity contribution in [1.29, 1.82) is 0 Å². The molecule has 0 saturated heterocycles. The minimum atomic E-state index is -3.43. The lowest BCUT2D eigenvalue weighted by Crippen LogP contribution is -2.30. The van der Waals surface area contributed by atoms with Gasteiger partial charge in [-0.05, 0) is 37.2 Å². The molecule has 0 spiro atoms. The summed E-state index contributed by atoms with van der Waals surface area (Å²) in [6.45, 7) is 1.96. The molecule has 2 N–H and O–H groups in total. The van der Waals surface area contributed by atoms with Crippen LogP contribution in [0.5, 0.6) is 17.2 Å². The van der Waals surface area contributed by atoms with E-state index in [1.54, 1.807) is 25.3 Å². The molecule has 2 aliphatic heterocycles. The molecule has 4 rings (SSSR count). The number of benzene rings is 2. The fourth-order valence-electron chi connectivity index (χ4n) is 4.00. The van der Waals surface area contributed by atoms with E-state index in [2.05, 4.69) is 14.9 Å². The van der Waals surface area contributed by atoms with Crippen molar-refractivity contribution in [2.45, 2.75) is 19.5 Å². The van der Waals surface area contributed by atoms with Crippen LogP contribution >= 0.6 is 0 Å². The third kappa shape index (κ3) is 4.40. The van der Waals surface area contributed by atoms with Gasteiger partial charge in [-0.2, -0.15) is 0 Å². The Morgan fingerprint density at radius 3 is 2.74 bits per heavy atom. The Bertz CT molecular complexity index is 1130. The van der Waals surface area contributed by atoms with Crippen molar-refractivity contribution in [3.05, 3.63) is 46.5 Å². The number of carbonyl (C=O) groups is 1. The molecule has 0 atom stereocenters. The lowest BCUT2D eigenvalue weighted by molar-refractivity contribution is 0.0950. The van der Waals surface area contributed by atoms with Crippen LogP contribution < -0.4 is 24.2 Å². The molecular formula is C21H25N3O6S. The second kappa shape index (κ2) is 8.27. The topological polar surface area (TPSA) is 106 Å². The van der Waals surface area contributed by atoms with E-state index in [0.717, 1.165) is 42.5 Å². The van der Waals surface area contributed by atoms with Crippen LogP contribution in [0.15, 0.2) is 24.3 Å². The number of fused-ring (bicyclic) bond motifs is 2. The molecule has 0 fully saturated rings. The molecule has 0 radical (unpaired) electrons. The van der Waals surface area contributed by atoms with Crippen LogP contribution in [0.2, 0.25) is 0 Å². The maximum Gasteiger partial charge on any atom is 0.251 e. The lowest BCUT2D eigenvalue weighted by atomic mass is 9.92. The van der Waals surface area contributed by atoms with Crippen molar-refractivity contribution in [2.24, 2.45) is 0 Å². The number of likely N-dealkylation sites (N-methyl/N-ethyl adjacent to an activating group) is 1. The third-order valence-corrected chi connectivity index (χ3v) is 5.93. The van der Waals surface area contributed by atoms with E-state index in [9.17, 15) is 13.2 Å². The van der Waals surface area contributed by atoms with E-state index in [4.69, 9.17) is 14.2 Å². The molecule has 0 unspecified atom stereocenters. The van der Waals surface area contributed by atoms with Crippen LogP contribution in [0.1, 0.15) is 27.0 Å². The second-order valence-corrected chi connectivity index (χ2v) is 9.41. The minimum absolute atomic E-state index is 0.102. The maximum absolute atomic E-state index is 12.8. The summed E-state index contributed by atoms with van der Waals surface area (Å²) < 4.78 is 42.3. The average molecular weight is 448 g/mol. The van der Waals surface area contributed by atoms with Gasteiger partial charge in [0.2, 0.25) is 22.6 Å². The van der Waals surface area contributed by atoms with Gasteiger partial charge in [0.15, 0.2) is 11.5 Å². The largest absolute Gasteiger partial charge is 0.492 e. The molecule has 2 aromatic rings. The first-order chi connectivity index (χ1) is 14.8. The van der Waals surface area contributed by atoms with Gasteiger partial charge in [-0.15, -0.1) is 0 Å². The van der Waals surface area contributed by atoms with Gasteiger partial charge >= 0.3 is 0 Å². The van der Waals surface area contributed by atoms with E-state index in [1.165, 1.54) is 6.07 Å². The van der Waals surface area contributed by atoms with Gasteiger partial charge in [0.25, 0.3) is 5.91 Å². The zero-order valence-corrected chi connectivity index (χ0v) is 18.5. The molecule has 1 amide bonds. The van der Waals surface area contributed by atoms with Gasteiger partial charge in [-0.1, -0.05) is 6.07 Å². The van der Waals surface area contributed by atoms with Gasteiger partial charge in [-0.25, -0.2) is 8.42 Å². The molecule has 2 heterocycles. The SMILES string of the molecule is COc1c2c(c(CNC(=O)c3cccc(NS(C)(=O)=O)c3)c3c1OCO3)CCN(C)C2. The van der Waals surface area contributed by atoms with E-state index in [0.29, 0.717) is 28.5 Å². The number of carbonyl (C=O) groups excluding carboxylic acids is 1. The van der Waals surface area contributed by atoms with E-state index in [1.807, 2.05) is 7.05 Å². The second-order valence-electron chi connectivity index (χ2n) is 7.66. The molecule has 166 valence electrons. The Kier molecular flexibility index (Phi) is 5.67.